The number of aromatic nitrogens is 2. The fourth-order valence-corrected chi connectivity index (χ4v) is 1.77. The van der Waals surface area contributed by atoms with E-state index in [0.717, 1.165) is 23.4 Å². The summed E-state index contributed by atoms with van der Waals surface area (Å²) in [6.45, 7) is 4.93. The summed E-state index contributed by atoms with van der Waals surface area (Å²) in [5.41, 5.74) is 1.83. The molecule has 2 N–H and O–H groups in total. The minimum atomic E-state index is 0.433. The highest BCUT2D eigenvalue weighted by molar-refractivity contribution is 5.79. The molecule has 2 rings (SSSR count). The van der Waals surface area contributed by atoms with Gasteiger partial charge in [-0.25, -0.2) is 4.98 Å². The van der Waals surface area contributed by atoms with Crippen molar-refractivity contribution in [2.24, 2.45) is 0 Å². The van der Waals surface area contributed by atoms with E-state index in [2.05, 4.69) is 29.1 Å². The smallest absolute Gasteiger partial charge is 0.163 e. The first kappa shape index (κ1) is 12.7. The summed E-state index contributed by atoms with van der Waals surface area (Å²) in [5.74, 6) is 2.31. The fourth-order valence-electron chi connectivity index (χ4n) is 1.77. The van der Waals surface area contributed by atoms with Crippen LogP contribution in [0.5, 0.6) is 11.5 Å². The number of H-pyrrole nitrogens is 1. The van der Waals surface area contributed by atoms with Gasteiger partial charge in [0, 0.05) is 18.2 Å². The van der Waals surface area contributed by atoms with Crippen molar-refractivity contribution in [1.29, 1.82) is 0 Å². The van der Waals surface area contributed by atoms with Crippen molar-refractivity contribution >= 4 is 11.0 Å². The Bertz CT molecular complexity index is 493. The van der Waals surface area contributed by atoms with Gasteiger partial charge in [-0.05, 0) is 0 Å². The summed E-state index contributed by atoms with van der Waals surface area (Å²) in [4.78, 5) is 7.78. The van der Waals surface area contributed by atoms with Crippen LogP contribution in [-0.2, 0) is 6.54 Å². The van der Waals surface area contributed by atoms with Crippen molar-refractivity contribution in [1.82, 2.24) is 15.3 Å². The standard InChI is InChI=1S/C13H19N3O2/c1-8(2)14-7-13-15-9-5-11(17-3)12(18-4)6-10(9)16-13/h5-6,8,14H,7H2,1-4H3,(H,15,16). The van der Waals surface area contributed by atoms with Crippen LogP contribution >= 0.6 is 0 Å². The lowest BCUT2D eigenvalue weighted by Crippen LogP contribution is -2.22. The monoisotopic (exact) mass is 249 g/mol. The Kier molecular flexibility index (Phi) is 3.72. The van der Waals surface area contributed by atoms with E-state index in [1.165, 1.54) is 0 Å². The average Bonchev–Trinajstić information content (AvgIpc) is 2.76. The van der Waals surface area contributed by atoms with Crippen LogP contribution in [0.15, 0.2) is 12.1 Å². The molecule has 0 amide bonds. The molecule has 1 aromatic heterocycles. The zero-order chi connectivity index (χ0) is 13.1. The van der Waals surface area contributed by atoms with E-state index < -0.39 is 0 Å². The van der Waals surface area contributed by atoms with Crippen LogP contribution in [-0.4, -0.2) is 30.2 Å². The molecule has 5 nitrogen and oxygen atoms in total. The van der Waals surface area contributed by atoms with Crippen molar-refractivity contribution < 1.29 is 9.47 Å². The van der Waals surface area contributed by atoms with Crippen molar-refractivity contribution in [3.8, 4) is 11.5 Å². The van der Waals surface area contributed by atoms with E-state index in [1.807, 2.05) is 12.1 Å². The van der Waals surface area contributed by atoms with E-state index in [1.54, 1.807) is 14.2 Å². The second kappa shape index (κ2) is 5.27. The summed E-state index contributed by atoms with van der Waals surface area (Å²) in [6, 6.07) is 4.21. The molecule has 2 aromatic rings. The number of fused-ring (bicyclic) bond motifs is 1. The summed E-state index contributed by atoms with van der Waals surface area (Å²) in [6.07, 6.45) is 0. The lowest BCUT2D eigenvalue weighted by Gasteiger charge is -2.06. The number of aromatic amines is 1. The molecule has 1 heterocycles. The normalized spacial score (nSPS) is 11.2. The van der Waals surface area contributed by atoms with E-state index in [-0.39, 0.29) is 0 Å². The van der Waals surface area contributed by atoms with Gasteiger partial charge in [0.25, 0.3) is 0 Å². The maximum Gasteiger partial charge on any atom is 0.163 e. The highest BCUT2D eigenvalue weighted by atomic mass is 16.5. The number of ether oxygens (including phenoxy) is 2. The van der Waals surface area contributed by atoms with Crippen LogP contribution in [0.2, 0.25) is 0 Å². The van der Waals surface area contributed by atoms with E-state index >= 15 is 0 Å². The second-order valence-electron chi connectivity index (χ2n) is 4.44. The zero-order valence-corrected chi connectivity index (χ0v) is 11.2. The number of benzene rings is 1. The van der Waals surface area contributed by atoms with Gasteiger partial charge in [0.15, 0.2) is 11.5 Å². The Hall–Kier alpha value is -1.75. The van der Waals surface area contributed by atoms with Gasteiger partial charge >= 0.3 is 0 Å². The first-order chi connectivity index (χ1) is 8.63. The summed E-state index contributed by atoms with van der Waals surface area (Å²) >= 11 is 0. The molecule has 0 bridgehead atoms. The van der Waals surface area contributed by atoms with Crippen LogP contribution in [0.4, 0.5) is 0 Å². The third kappa shape index (κ3) is 2.56. The van der Waals surface area contributed by atoms with Crippen LogP contribution in [0, 0.1) is 0 Å². The molecule has 0 fully saturated rings. The number of methoxy groups -OCH3 is 2. The molecule has 0 spiro atoms. The number of hydrogen-bond donors (Lipinski definition) is 2. The van der Waals surface area contributed by atoms with Crippen LogP contribution in [0.25, 0.3) is 11.0 Å². The van der Waals surface area contributed by atoms with Gasteiger partial charge in [-0.2, -0.15) is 0 Å². The van der Waals surface area contributed by atoms with E-state index in [4.69, 9.17) is 9.47 Å². The average molecular weight is 249 g/mol. The fraction of sp³-hybridized carbons (Fsp3) is 0.462. The van der Waals surface area contributed by atoms with Crippen molar-refractivity contribution in [2.45, 2.75) is 26.4 Å². The van der Waals surface area contributed by atoms with Crippen LogP contribution in [0.1, 0.15) is 19.7 Å². The highest BCUT2D eigenvalue weighted by Crippen LogP contribution is 2.30. The van der Waals surface area contributed by atoms with E-state index in [0.29, 0.717) is 17.5 Å². The van der Waals surface area contributed by atoms with Gasteiger partial charge < -0.3 is 19.8 Å². The third-order valence-corrected chi connectivity index (χ3v) is 2.71. The molecule has 0 saturated carbocycles. The molecule has 1 aromatic carbocycles. The predicted molar refractivity (Wildman–Crippen MR) is 71.2 cm³/mol. The molecule has 0 aliphatic carbocycles. The maximum absolute atomic E-state index is 5.26. The Morgan fingerprint density at radius 3 is 2.50 bits per heavy atom. The van der Waals surface area contributed by atoms with Crippen LogP contribution < -0.4 is 14.8 Å². The second-order valence-corrected chi connectivity index (χ2v) is 4.44. The molecule has 0 aliphatic heterocycles. The van der Waals surface area contributed by atoms with Crippen molar-refractivity contribution in [3.05, 3.63) is 18.0 Å². The van der Waals surface area contributed by atoms with Gasteiger partial charge in [-0.15, -0.1) is 0 Å². The SMILES string of the molecule is COc1cc2nc(CNC(C)C)[nH]c2cc1OC. The lowest BCUT2D eigenvalue weighted by molar-refractivity contribution is 0.356. The summed E-state index contributed by atoms with van der Waals surface area (Å²) < 4.78 is 10.5. The Morgan fingerprint density at radius 2 is 1.89 bits per heavy atom. The number of imidazole rings is 1. The minimum absolute atomic E-state index is 0.433. The predicted octanol–water partition coefficient (Wildman–Crippen LogP) is 2.08. The largest absolute Gasteiger partial charge is 0.493 e. The molecule has 18 heavy (non-hydrogen) atoms. The van der Waals surface area contributed by atoms with Gasteiger partial charge in [-0.1, -0.05) is 13.8 Å². The Balaban J connectivity index is 2.32. The molecular formula is C13H19N3O2. The Morgan fingerprint density at radius 1 is 1.22 bits per heavy atom. The molecule has 0 aliphatic rings. The molecular weight excluding hydrogens is 230 g/mol. The quantitative estimate of drug-likeness (QED) is 0.851. The number of nitrogens with one attached hydrogen (secondary N) is 2. The number of hydrogen-bond acceptors (Lipinski definition) is 4. The topological polar surface area (TPSA) is 59.2 Å². The summed E-state index contributed by atoms with van der Waals surface area (Å²) in [7, 11) is 3.25. The van der Waals surface area contributed by atoms with Gasteiger partial charge in [0.2, 0.25) is 0 Å². The Labute approximate surface area is 107 Å². The summed E-state index contributed by atoms with van der Waals surface area (Å²) in [5, 5.41) is 3.32. The molecule has 0 atom stereocenters. The first-order valence-electron chi connectivity index (χ1n) is 5.98. The lowest BCUT2D eigenvalue weighted by atomic mass is 10.3. The van der Waals surface area contributed by atoms with Gasteiger partial charge in [0.05, 0.1) is 31.8 Å². The highest BCUT2D eigenvalue weighted by Gasteiger charge is 2.09. The molecule has 98 valence electrons. The third-order valence-electron chi connectivity index (χ3n) is 2.71. The van der Waals surface area contributed by atoms with Crippen molar-refractivity contribution in [2.75, 3.05) is 14.2 Å². The minimum Gasteiger partial charge on any atom is -0.493 e. The zero-order valence-electron chi connectivity index (χ0n) is 11.2. The number of rotatable bonds is 5. The maximum atomic E-state index is 5.26. The van der Waals surface area contributed by atoms with Crippen LogP contribution in [0.3, 0.4) is 0 Å². The number of nitrogens with zero attached hydrogens (tertiary/aromatic N) is 1. The molecule has 0 unspecified atom stereocenters. The van der Waals surface area contributed by atoms with E-state index in [9.17, 15) is 0 Å². The molecule has 0 radical (unpaired) electrons. The van der Waals surface area contributed by atoms with Crippen molar-refractivity contribution in [3.63, 3.8) is 0 Å². The molecule has 5 heteroatoms. The first-order valence-corrected chi connectivity index (χ1v) is 5.98. The van der Waals surface area contributed by atoms with Gasteiger partial charge in [-0.3, -0.25) is 0 Å². The van der Waals surface area contributed by atoms with Gasteiger partial charge in [0.1, 0.15) is 5.82 Å². The molecule has 0 saturated heterocycles.